The molecule has 0 aliphatic heterocycles. The number of phenolic OH excluding ortho intramolecular Hbond substituents is 1. The lowest BCUT2D eigenvalue weighted by molar-refractivity contribution is 0.209. The Morgan fingerprint density at radius 2 is 2.07 bits per heavy atom. The number of benzene rings is 1. The maximum Gasteiger partial charge on any atom is 0.119 e. The maximum atomic E-state index is 9.74. The fourth-order valence-electron chi connectivity index (χ4n) is 2.27. The molecule has 0 heterocycles. The van der Waals surface area contributed by atoms with Crippen molar-refractivity contribution >= 4 is 0 Å². The minimum Gasteiger partial charge on any atom is -0.508 e. The lowest BCUT2D eigenvalue weighted by atomic mass is 9.67. The number of hydrogen-bond donors (Lipinski definition) is 1. The molecule has 0 bridgehead atoms. The first-order valence-corrected chi connectivity index (χ1v) is 5.30. The summed E-state index contributed by atoms with van der Waals surface area (Å²) in [5.74, 6) is 1.12. The van der Waals surface area contributed by atoms with Crippen LogP contribution in [0.4, 0.5) is 0 Å². The van der Waals surface area contributed by atoms with Crippen LogP contribution in [-0.4, -0.2) is 5.11 Å². The second kappa shape index (κ2) is 3.01. The molecule has 1 aromatic carbocycles. The minimum absolute atomic E-state index is 0.362. The van der Waals surface area contributed by atoms with E-state index in [0.29, 0.717) is 17.1 Å². The van der Waals surface area contributed by atoms with Crippen LogP contribution in [0.15, 0.2) is 18.2 Å². The summed E-state index contributed by atoms with van der Waals surface area (Å²) in [5, 5.41) is 9.74. The van der Waals surface area contributed by atoms with Crippen LogP contribution in [0.25, 0.3) is 0 Å². The zero-order valence-corrected chi connectivity index (χ0v) is 9.17. The molecule has 76 valence electrons. The number of hydrogen-bond acceptors (Lipinski definition) is 1. The largest absolute Gasteiger partial charge is 0.508 e. The Balaban J connectivity index is 2.45. The SMILES string of the molecule is CC1Cc2c(O)cccc2CC1(C)C. The van der Waals surface area contributed by atoms with Crippen molar-refractivity contribution in [3.63, 3.8) is 0 Å². The van der Waals surface area contributed by atoms with Crippen LogP contribution >= 0.6 is 0 Å². The van der Waals surface area contributed by atoms with Crippen molar-refractivity contribution in [2.24, 2.45) is 11.3 Å². The molecule has 1 unspecified atom stereocenters. The van der Waals surface area contributed by atoms with E-state index in [0.717, 1.165) is 12.8 Å². The summed E-state index contributed by atoms with van der Waals surface area (Å²) in [6, 6.07) is 5.88. The van der Waals surface area contributed by atoms with Crippen LogP contribution in [0.1, 0.15) is 31.9 Å². The highest BCUT2D eigenvalue weighted by molar-refractivity contribution is 5.41. The topological polar surface area (TPSA) is 20.2 Å². The summed E-state index contributed by atoms with van der Waals surface area (Å²) in [7, 11) is 0. The standard InChI is InChI=1S/C13H18O/c1-9-7-11-10(8-13(9,2)3)5-4-6-12(11)14/h4-6,9,14H,7-8H2,1-3H3. The predicted molar refractivity (Wildman–Crippen MR) is 58.5 cm³/mol. The Hall–Kier alpha value is -0.980. The molecule has 1 N–H and O–H groups in total. The van der Waals surface area contributed by atoms with Crippen LogP contribution in [0.3, 0.4) is 0 Å². The molecule has 0 saturated carbocycles. The van der Waals surface area contributed by atoms with E-state index < -0.39 is 0 Å². The Bertz CT molecular complexity index is 352. The van der Waals surface area contributed by atoms with Gasteiger partial charge in [0.1, 0.15) is 5.75 Å². The molecule has 0 amide bonds. The van der Waals surface area contributed by atoms with Crippen molar-refractivity contribution in [3.8, 4) is 5.75 Å². The fraction of sp³-hybridized carbons (Fsp3) is 0.538. The van der Waals surface area contributed by atoms with Crippen molar-refractivity contribution in [3.05, 3.63) is 29.3 Å². The Kier molecular flexibility index (Phi) is 2.06. The summed E-state index contributed by atoms with van der Waals surface area (Å²) < 4.78 is 0. The van der Waals surface area contributed by atoms with E-state index in [9.17, 15) is 5.11 Å². The highest BCUT2D eigenvalue weighted by Crippen LogP contribution is 2.41. The molecular formula is C13H18O. The molecule has 0 spiro atoms. The first kappa shape index (κ1) is 9.57. The van der Waals surface area contributed by atoms with Gasteiger partial charge in [0.05, 0.1) is 0 Å². The molecule has 1 aliphatic rings. The van der Waals surface area contributed by atoms with Gasteiger partial charge in [0.25, 0.3) is 0 Å². The Labute approximate surface area is 85.8 Å². The van der Waals surface area contributed by atoms with Crippen LogP contribution < -0.4 is 0 Å². The molecule has 0 radical (unpaired) electrons. The van der Waals surface area contributed by atoms with Crippen molar-refractivity contribution in [1.29, 1.82) is 0 Å². The van der Waals surface area contributed by atoms with Gasteiger partial charge in [-0.25, -0.2) is 0 Å². The van der Waals surface area contributed by atoms with Gasteiger partial charge in [0, 0.05) is 0 Å². The van der Waals surface area contributed by atoms with E-state index in [4.69, 9.17) is 0 Å². The van der Waals surface area contributed by atoms with Crippen LogP contribution in [-0.2, 0) is 12.8 Å². The third-order valence-electron chi connectivity index (χ3n) is 3.74. The van der Waals surface area contributed by atoms with Crippen LogP contribution in [0.5, 0.6) is 5.75 Å². The number of rotatable bonds is 0. The van der Waals surface area contributed by atoms with E-state index in [1.807, 2.05) is 6.07 Å². The average Bonchev–Trinajstić information content (AvgIpc) is 2.08. The van der Waals surface area contributed by atoms with E-state index in [1.165, 1.54) is 11.1 Å². The van der Waals surface area contributed by atoms with Gasteiger partial charge in [-0.05, 0) is 41.4 Å². The van der Waals surface area contributed by atoms with Crippen LogP contribution in [0, 0.1) is 11.3 Å². The summed E-state index contributed by atoms with van der Waals surface area (Å²) >= 11 is 0. The third kappa shape index (κ3) is 1.41. The van der Waals surface area contributed by atoms with E-state index in [1.54, 1.807) is 6.07 Å². The summed E-state index contributed by atoms with van der Waals surface area (Å²) in [4.78, 5) is 0. The second-order valence-corrected chi connectivity index (χ2v) is 5.19. The van der Waals surface area contributed by atoms with Crippen molar-refractivity contribution in [1.82, 2.24) is 0 Å². The van der Waals surface area contributed by atoms with Gasteiger partial charge < -0.3 is 5.11 Å². The Morgan fingerprint density at radius 1 is 1.36 bits per heavy atom. The van der Waals surface area contributed by atoms with Gasteiger partial charge in [0.2, 0.25) is 0 Å². The molecule has 1 heteroatoms. The molecule has 1 atom stereocenters. The predicted octanol–water partition coefficient (Wildman–Crippen LogP) is 3.15. The molecule has 0 aromatic heterocycles. The molecule has 0 saturated heterocycles. The zero-order valence-electron chi connectivity index (χ0n) is 9.17. The number of fused-ring (bicyclic) bond motifs is 1. The van der Waals surface area contributed by atoms with Crippen molar-refractivity contribution in [2.75, 3.05) is 0 Å². The van der Waals surface area contributed by atoms with Crippen molar-refractivity contribution in [2.45, 2.75) is 33.6 Å². The quantitative estimate of drug-likeness (QED) is 0.666. The fourth-order valence-corrected chi connectivity index (χ4v) is 2.27. The smallest absolute Gasteiger partial charge is 0.119 e. The van der Waals surface area contributed by atoms with Gasteiger partial charge in [0.15, 0.2) is 0 Å². The van der Waals surface area contributed by atoms with E-state index in [2.05, 4.69) is 26.8 Å². The summed E-state index contributed by atoms with van der Waals surface area (Å²) in [6.45, 7) is 6.89. The molecule has 1 aliphatic carbocycles. The lowest BCUT2D eigenvalue weighted by Gasteiger charge is -2.37. The van der Waals surface area contributed by atoms with E-state index >= 15 is 0 Å². The van der Waals surface area contributed by atoms with Crippen molar-refractivity contribution < 1.29 is 5.11 Å². The molecular weight excluding hydrogens is 172 g/mol. The van der Waals surface area contributed by atoms with Gasteiger partial charge in [-0.1, -0.05) is 32.9 Å². The molecule has 14 heavy (non-hydrogen) atoms. The lowest BCUT2D eigenvalue weighted by Crippen LogP contribution is -2.30. The first-order chi connectivity index (χ1) is 6.50. The number of phenols is 1. The molecule has 2 rings (SSSR count). The van der Waals surface area contributed by atoms with E-state index in [-0.39, 0.29) is 0 Å². The molecule has 1 aromatic rings. The first-order valence-electron chi connectivity index (χ1n) is 5.30. The Morgan fingerprint density at radius 3 is 2.79 bits per heavy atom. The highest BCUT2D eigenvalue weighted by Gasteiger charge is 2.32. The highest BCUT2D eigenvalue weighted by atomic mass is 16.3. The normalized spacial score (nSPS) is 24.4. The van der Waals surface area contributed by atoms with Gasteiger partial charge in [-0.3, -0.25) is 0 Å². The number of aromatic hydroxyl groups is 1. The summed E-state index contributed by atoms with van der Waals surface area (Å²) in [5.41, 5.74) is 2.85. The van der Waals surface area contributed by atoms with Gasteiger partial charge in [-0.2, -0.15) is 0 Å². The summed E-state index contributed by atoms with van der Waals surface area (Å²) in [6.07, 6.45) is 2.09. The maximum absolute atomic E-state index is 9.74. The molecule has 1 nitrogen and oxygen atoms in total. The zero-order chi connectivity index (χ0) is 10.3. The minimum atomic E-state index is 0.362. The average molecular weight is 190 g/mol. The van der Waals surface area contributed by atoms with Gasteiger partial charge in [-0.15, -0.1) is 0 Å². The molecule has 0 fully saturated rings. The monoisotopic (exact) mass is 190 g/mol. The third-order valence-corrected chi connectivity index (χ3v) is 3.74. The second-order valence-electron chi connectivity index (χ2n) is 5.19. The van der Waals surface area contributed by atoms with Crippen LogP contribution in [0.2, 0.25) is 0 Å². The van der Waals surface area contributed by atoms with Gasteiger partial charge >= 0.3 is 0 Å².